The van der Waals surface area contributed by atoms with Crippen molar-refractivity contribution in [2.45, 2.75) is 58.2 Å². The Hall–Kier alpha value is -2.98. The number of amides is 1. The van der Waals surface area contributed by atoms with Crippen LogP contribution < -0.4 is 0 Å². The summed E-state index contributed by atoms with van der Waals surface area (Å²) >= 11 is 0. The van der Waals surface area contributed by atoms with Gasteiger partial charge in [0.2, 0.25) is 0 Å². The quantitative estimate of drug-likeness (QED) is 0.668. The molecule has 4 heteroatoms. The van der Waals surface area contributed by atoms with E-state index in [2.05, 4.69) is 54.4 Å². The lowest BCUT2D eigenvalue weighted by Gasteiger charge is -2.26. The van der Waals surface area contributed by atoms with Crippen LogP contribution in [0.3, 0.4) is 0 Å². The van der Waals surface area contributed by atoms with Crippen molar-refractivity contribution in [2.24, 2.45) is 0 Å². The first-order valence-corrected chi connectivity index (χ1v) is 11.1. The Morgan fingerprint density at radius 3 is 2.55 bits per heavy atom. The zero-order valence-corrected chi connectivity index (χ0v) is 18.1. The van der Waals surface area contributed by atoms with Crippen LogP contribution in [0.25, 0.3) is 11.1 Å². The number of aliphatic hydroxyl groups is 1. The summed E-state index contributed by atoms with van der Waals surface area (Å²) in [6.45, 7) is 4.75. The first kappa shape index (κ1) is 20.0. The topological polar surface area (TPSA) is 53.4 Å². The minimum Gasteiger partial charge on any atom is -0.391 e. The van der Waals surface area contributed by atoms with Crippen LogP contribution in [0, 0.1) is 13.8 Å². The molecule has 1 N–H and O–H groups in total. The molecule has 4 nitrogen and oxygen atoms in total. The maximum atomic E-state index is 13.1. The van der Waals surface area contributed by atoms with Gasteiger partial charge in [-0.25, -0.2) is 0 Å². The van der Waals surface area contributed by atoms with Gasteiger partial charge in [0.1, 0.15) is 0 Å². The smallest absolute Gasteiger partial charge is 0.254 e. The molecule has 0 saturated heterocycles. The van der Waals surface area contributed by atoms with Gasteiger partial charge in [0.05, 0.1) is 12.1 Å². The fourth-order valence-corrected chi connectivity index (χ4v) is 5.06. The highest BCUT2D eigenvalue weighted by Gasteiger charge is 2.38. The number of aliphatic hydroxyl groups excluding tert-OH is 1. The van der Waals surface area contributed by atoms with Gasteiger partial charge in [0.25, 0.3) is 5.91 Å². The molecule has 5 rings (SSSR count). The van der Waals surface area contributed by atoms with Gasteiger partial charge in [-0.1, -0.05) is 30.3 Å². The zero-order valence-electron chi connectivity index (χ0n) is 18.1. The summed E-state index contributed by atoms with van der Waals surface area (Å²) in [5, 5.41) is 10.3. The summed E-state index contributed by atoms with van der Waals surface area (Å²) in [6.07, 6.45) is 4.94. The van der Waals surface area contributed by atoms with Crippen molar-refractivity contribution in [3.8, 4) is 11.1 Å². The maximum Gasteiger partial charge on any atom is 0.254 e. The second-order valence-electron chi connectivity index (χ2n) is 8.99. The van der Waals surface area contributed by atoms with Crippen LogP contribution in [0.1, 0.15) is 57.6 Å². The van der Waals surface area contributed by atoms with Crippen molar-refractivity contribution in [3.05, 3.63) is 88.2 Å². The molecule has 1 amide bonds. The van der Waals surface area contributed by atoms with Gasteiger partial charge in [0, 0.05) is 24.0 Å². The third-order valence-electron chi connectivity index (χ3n) is 6.82. The number of aromatic nitrogens is 1. The summed E-state index contributed by atoms with van der Waals surface area (Å²) in [6, 6.07) is 17.0. The number of rotatable bonds is 4. The highest BCUT2D eigenvalue weighted by Crippen LogP contribution is 2.34. The first-order valence-electron chi connectivity index (χ1n) is 11.1. The summed E-state index contributed by atoms with van der Waals surface area (Å²) in [5.41, 5.74) is 8.90. The molecular formula is C27H28N2O2. The number of hydrogen-bond acceptors (Lipinski definition) is 3. The normalized spacial score (nSPS) is 20.4. The van der Waals surface area contributed by atoms with E-state index in [9.17, 15) is 9.90 Å². The summed E-state index contributed by atoms with van der Waals surface area (Å²) < 4.78 is 0. The molecular weight excluding hydrogens is 384 g/mol. The fraction of sp³-hybridized carbons (Fsp3) is 0.333. The number of pyridine rings is 1. The van der Waals surface area contributed by atoms with Crippen molar-refractivity contribution < 1.29 is 9.90 Å². The molecule has 0 bridgehead atoms. The molecule has 1 aliphatic heterocycles. The molecule has 1 aliphatic carbocycles. The van der Waals surface area contributed by atoms with Crippen molar-refractivity contribution >= 4 is 5.91 Å². The van der Waals surface area contributed by atoms with Gasteiger partial charge in [-0.3, -0.25) is 9.78 Å². The Balaban J connectivity index is 1.37. The predicted molar refractivity (Wildman–Crippen MR) is 122 cm³/mol. The average molecular weight is 413 g/mol. The standard InChI is InChI=1S/C27H28N2O2/c1-17-12-23-16-29(25-4-3-5-26(25)30)27(31)24(23)15-22(17)14-19-6-8-20(9-7-19)21-10-11-28-18(2)13-21/h6-13,15,25-26,30H,3-5,14,16H2,1-2H3. The molecule has 2 aromatic carbocycles. The van der Waals surface area contributed by atoms with E-state index in [-0.39, 0.29) is 18.1 Å². The predicted octanol–water partition coefficient (Wildman–Crippen LogP) is 4.83. The lowest BCUT2D eigenvalue weighted by atomic mass is 9.95. The van der Waals surface area contributed by atoms with E-state index < -0.39 is 0 Å². The van der Waals surface area contributed by atoms with Crippen molar-refractivity contribution in [1.29, 1.82) is 0 Å². The number of hydrogen-bond donors (Lipinski definition) is 1. The van der Waals surface area contributed by atoms with Gasteiger partial charge in [0.15, 0.2) is 0 Å². The van der Waals surface area contributed by atoms with Gasteiger partial charge in [-0.05, 0) is 91.1 Å². The van der Waals surface area contributed by atoms with Crippen LogP contribution in [0.2, 0.25) is 0 Å². The van der Waals surface area contributed by atoms with E-state index in [1.807, 2.05) is 24.1 Å². The first-order chi connectivity index (χ1) is 15.0. The highest BCUT2D eigenvalue weighted by molar-refractivity contribution is 5.99. The summed E-state index contributed by atoms with van der Waals surface area (Å²) in [7, 11) is 0. The van der Waals surface area contributed by atoms with Gasteiger partial charge in [-0.2, -0.15) is 0 Å². The van der Waals surface area contributed by atoms with Crippen molar-refractivity contribution in [1.82, 2.24) is 9.88 Å². The molecule has 3 aromatic rings. The number of carbonyl (C=O) groups excluding carboxylic acids is 1. The zero-order chi connectivity index (χ0) is 21.5. The highest BCUT2D eigenvalue weighted by atomic mass is 16.3. The third kappa shape index (κ3) is 3.77. The second-order valence-corrected chi connectivity index (χ2v) is 8.99. The molecule has 158 valence electrons. The van der Waals surface area contributed by atoms with E-state index in [1.165, 1.54) is 27.8 Å². The third-order valence-corrected chi connectivity index (χ3v) is 6.82. The van der Waals surface area contributed by atoms with Crippen LogP contribution in [-0.2, 0) is 13.0 Å². The lowest BCUT2D eigenvalue weighted by Crippen LogP contribution is -2.40. The van der Waals surface area contributed by atoms with Gasteiger partial charge in [-0.15, -0.1) is 0 Å². The number of fused-ring (bicyclic) bond motifs is 1. The largest absolute Gasteiger partial charge is 0.391 e. The number of carbonyl (C=O) groups is 1. The van der Waals surface area contributed by atoms with Crippen LogP contribution in [-0.4, -0.2) is 33.0 Å². The second kappa shape index (κ2) is 7.93. The Kier molecular flexibility index (Phi) is 5.11. The molecule has 2 unspecified atom stereocenters. The van der Waals surface area contributed by atoms with Crippen LogP contribution >= 0.6 is 0 Å². The minimum atomic E-state index is -0.387. The molecule has 0 spiro atoms. The molecule has 2 heterocycles. The summed E-state index contributed by atoms with van der Waals surface area (Å²) in [4.78, 5) is 19.2. The molecule has 2 aliphatic rings. The molecule has 2 atom stereocenters. The SMILES string of the molecule is Cc1cc(-c2ccc(Cc3cc4c(cc3C)CN(C3CCCC3O)C4=O)cc2)ccn1. The Morgan fingerprint density at radius 1 is 1.03 bits per heavy atom. The molecule has 0 radical (unpaired) electrons. The Morgan fingerprint density at radius 2 is 1.84 bits per heavy atom. The van der Waals surface area contributed by atoms with Crippen LogP contribution in [0.15, 0.2) is 54.7 Å². The van der Waals surface area contributed by atoms with E-state index in [0.717, 1.165) is 42.5 Å². The van der Waals surface area contributed by atoms with Crippen LogP contribution in [0.5, 0.6) is 0 Å². The lowest BCUT2D eigenvalue weighted by molar-refractivity contribution is 0.0479. The molecule has 1 fully saturated rings. The number of nitrogens with zero attached hydrogens (tertiary/aromatic N) is 2. The maximum absolute atomic E-state index is 13.1. The minimum absolute atomic E-state index is 0.0342. The van der Waals surface area contributed by atoms with E-state index >= 15 is 0 Å². The molecule has 31 heavy (non-hydrogen) atoms. The monoisotopic (exact) mass is 412 g/mol. The Bertz CT molecular complexity index is 1140. The number of aryl methyl sites for hydroxylation is 2. The van der Waals surface area contributed by atoms with Crippen molar-refractivity contribution in [3.63, 3.8) is 0 Å². The van der Waals surface area contributed by atoms with Gasteiger partial charge < -0.3 is 10.0 Å². The van der Waals surface area contributed by atoms with Gasteiger partial charge >= 0.3 is 0 Å². The van der Waals surface area contributed by atoms with Crippen molar-refractivity contribution in [2.75, 3.05) is 0 Å². The van der Waals surface area contributed by atoms with Crippen LogP contribution in [0.4, 0.5) is 0 Å². The summed E-state index contributed by atoms with van der Waals surface area (Å²) in [5.74, 6) is 0.0746. The van der Waals surface area contributed by atoms with E-state index in [4.69, 9.17) is 0 Å². The van der Waals surface area contributed by atoms with E-state index in [0.29, 0.717) is 6.54 Å². The molecule has 1 saturated carbocycles. The Labute approximate surface area is 183 Å². The van der Waals surface area contributed by atoms with E-state index in [1.54, 1.807) is 0 Å². The fourth-order valence-electron chi connectivity index (χ4n) is 5.06. The average Bonchev–Trinajstić information content (AvgIpc) is 3.32. The number of benzene rings is 2. The molecule has 1 aromatic heterocycles.